The van der Waals surface area contributed by atoms with Crippen LogP contribution in [0.4, 0.5) is 22.1 Å². The van der Waals surface area contributed by atoms with Gasteiger partial charge in [0, 0.05) is 31.1 Å². The molecule has 0 saturated carbocycles. The molecule has 3 amide bonds. The van der Waals surface area contributed by atoms with Crippen molar-refractivity contribution in [1.82, 2.24) is 14.8 Å². The van der Waals surface area contributed by atoms with E-state index in [1.165, 1.54) is 7.11 Å². The normalized spacial score (nSPS) is 11.5. The van der Waals surface area contributed by atoms with Crippen molar-refractivity contribution in [3.8, 4) is 17.2 Å². The lowest BCUT2D eigenvalue weighted by Gasteiger charge is -2.13. The number of nitrogens with zero attached hydrogens (tertiary/aromatic N) is 3. The summed E-state index contributed by atoms with van der Waals surface area (Å²) in [7, 11) is 1.45. The molecule has 0 radical (unpaired) electrons. The van der Waals surface area contributed by atoms with E-state index in [0.717, 1.165) is 35.3 Å². The SMILES string of the molecule is CCCC(I)c1cc(NC(=O)Nc2ccc(Oc3ccnc(NC(=O)COC)c3)c(C)c2)n(-c2ccc(C)cc2)n1. The lowest BCUT2D eigenvalue weighted by Crippen LogP contribution is -2.21. The Labute approximate surface area is 253 Å². The van der Waals surface area contributed by atoms with Crippen molar-refractivity contribution in [3.05, 3.63) is 83.7 Å². The molecule has 2 aromatic heterocycles. The van der Waals surface area contributed by atoms with E-state index in [1.807, 2.05) is 50.2 Å². The average Bonchev–Trinajstić information content (AvgIpc) is 3.35. The van der Waals surface area contributed by atoms with Crippen LogP contribution in [0.5, 0.6) is 11.5 Å². The van der Waals surface area contributed by atoms with Gasteiger partial charge in [0.25, 0.3) is 5.91 Å². The highest BCUT2D eigenvalue weighted by Gasteiger charge is 2.17. The van der Waals surface area contributed by atoms with E-state index in [-0.39, 0.29) is 22.5 Å². The van der Waals surface area contributed by atoms with E-state index >= 15 is 0 Å². The molecule has 0 aliphatic rings. The molecule has 11 heteroatoms. The summed E-state index contributed by atoms with van der Waals surface area (Å²) in [5.74, 6) is 1.74. The number of benzene rings is 2. The Morgan fingerprint density at radius 3 is 2.49 bits per heavy atom. The van der Waals surface area contributed by atoms with Crippen molar-refractivity contribution in [2.24, 2.45) is 0 Å². The molecular formula is C30H33IN6O4. The molecule has 2 heterocycles. The number of aryl methyl sites for hydroxylation is 2. The van der Waals surface area contributed by atoms with Crippen molar-refractivity contribution in [2.45, 2.75) is 37.5 Å². The van der Waals surface area contributed by atoms with Crippen LogP contribution in [0, 0.1) is 13.8 Å². The van der Waals surface area contributed by atoms with E-state index in [4.69, 9.17) is 14.6 Å². The summed E-state index contributed by atoms with van der Waals surface area (Å²) in [6, 6.07) is 18.2. The number of rotatable bonds is 11. The van der Waals surface area contributed by atoms with Gasteiger partial charge in [-0.05, 0) is 62.2 Å². The van der Waals surface area contributed by atoms with Gasteiger partial charge in [0.1, 0.15) is 29.7 Å². The van der Waals surface area contributed by atoms with Crippen molar-refractivity contribution >= 4 is 51.9 Å². The van der Waals surface area contributed by atoms with Crippen molar-refractivity contribution in [1.29, 1.82) is 0 Å². The van der Waals surface area contributed by atoms with Crippen LogP contribution in [0.3, 0.4) is 0 Å². The Morgan fingerprint density at radius 1 is 1.00 bits per heavy atom. The quantitative estimate of drug-likeness (QED) is 0.115. The average molecular weight is 669 g/mol. The molecule has 0 aliphatic heterocycles. The number of aromatic nitrogens is 3. The highest BCUT2D eigenvalue weighted by Crippen LogP contribution is 2.31. The topological polar surface area (TPSA) is 119 Å². The standard InChI is InChI=1S/C30H33IN6O4/c1-5-6-24(31)25-17-28(37(36-25)22-10-7-19(2)8-11-22)35-30(39)33-21-9-12-26(20(3)15-21)41-23-13-14-32-27(16-23)34-29(38)18-40-4/h7-17,24H,5-6,18H2,1-4H3,(H,32,34,38)(H2,33,35,39). The number of pyridine rings is 1. The van der Waals surface area contributed by atoms with Gasteiger partial charge in [-0.3, -0.25) is 10.1 Å². The van der Waals surface area contributed by atoms with E-state index in [9.17, 15) is 9.59 Å². The van der Waals surface area contributed by atoms with Gasteiger partial charge in [-0.1, -0.05) is 53.6 Å². The molecule has 10 nitrogen and oxygen atoms in total. The van der Waals surface area contributed by atoms with Crippen LogP contribution in [0.15, 0.2) is 66.9 Å². The lowest BCUT2D eigenvalue weighted by molar-refractivity contribution is -0.119. The monoisotopic (exact) mass is 668 g/mol. The van der Waals surface area contributed by atoms with E-state index in [1.54, 1.807) is 35.1 Å². The van der Waals surface area contributed by atoms with Gasteiger partial charge in [0.2, 0.25) is 0 Å². The number of nitrogens with one attached hydrogen (secondary N) is 3. The van der Waals surface area contributed by atoms with Gasteiger partial charge < -0.3 is 20.1 Å². The second-order valence-electron chi connectivity index (χ2n) is 9.48. The summed E-state index contributed by atoms with van der Waals surface area (Å²) >= 11 is 2.40. The van der Waals surface area contributed by atoms with Crippen LogP contribution in [0.1, 0.15) is 40.5 Å². The first-order valence-electron chi connectivity index (χ1n) is 13.2. The molecule has 4 rings (SSSR count). The number of carbonyl (C=O) groups is 2. The number of halogens is 1. The summed E-state index contributed by atoms with van der Waals surface area (Å²) in [6.07, 6.45) is 3.58. The maximum absolute atomic E-state index is 13.0. The van der Waals surface area contributed by atoms with Crippen LogP contribution in [-0.4, -0.2) is 40.4 Å². The molecule has 1 atom stereocenters. The van der Waals surface area contributed by atoms with Crippen LogP contribution in [-0.2, 0) is 9.53 Å². The number of anilines is 3. The summed E-state index contributed by atoms with van der Waals surface area (Å²) in [6.45, 7) is 5.99. The van der Waals surface area contributed by atoms with Gasteiger partial charge in [0.15, 0.2) is 0 Å². The predicted molar refractivity (Wildman–Crippen MR) is 169 cm³/mol. The third-order valence-electron chi connectivity index (χ3n) is 6.05. The van der Waals surface area contributed by atoms with Crippen LogP contribution < -0.4 is 20.7 Å². The Kier molecular flexibility index (Phi) is 10.3. The number of methoxy groups -OCH3 is 1. The Hall–Kier alpha value is -3.97. The zero-order valence-corrected chi connectivity index (χ0v) is 25.6. The number of alkyl halides is 1. The molecule has 1 unspecified atom stereocenters. The fourth-order valence-corrected chi connectivity index (χ4v) is 4.95. The molecule has 4 aromatic rings. The van der Waals surface area contributed by atoms with Crippen LogP contribution >= 0.6 is 22.6 Å². The first-order chi connectivity index (χ1) is 19.7. The van der Waals surface area contributed by atoms with Gasteiger partial charge in [0.05, 0.1) is 15.3 Å². The second-order valence-corrected chi connectivity index (χ2v) is 11.0. The fraction of sp³-hybridized carbons (Fsp3) is 0.267. The van der Waals surface area contributed by atoms with E-state index in [0.29, 0.717) is 28.8 Å². The largest absolute Gasteiger partial charge is 0.457 e. The molecule has 0 saturated heterocycles. The molecule has 2 aromatic carbocycles. The Bertz CT molecular complexity index is 1510. The number of carbonyl (C=O) groups excluding carboxylic acids is 2. The zero-order chi connectivity index (χ0) is 29.4. The minimum absolute atomic E-state index is 0.0684. The number of hydrogen-bond donors (Lipinski definition) is 3. The predicted octanol–water partition coefficient (Wildman–Crippen LogP) is 7.18. The second kappa shape index (κ2) is 14.1. The van der Waals surface area contributed by atoms with Crippen molar-refractivity contribution < 1.29 is 19.1 Å². The summed E-state index contributed by atoms with van der Waals surface area (Å²) < 4.78 is 12.8. The Morgan fingerprint density at radius 2 is 1.78 bits per heavy atom. The highest BCUT2D eigenvalue weighted by molar-refractivity contribution is 14.1. The highest BCUT2D eigenvalue weighted by atomic mass is 127. The molecule has 0 bridgehead atoms. The summed E-state index contributed by atoms with van der Waals surface area (Å²) in [5, 5.41) is 13.3. The molecule has 0 spiro atoms. The van der Waals surface area contributed by atoms with Crippen molar-refractivity contribution in [2.75, 3.05) is 29.7 Å². The van der Waals surface area contributed by atoms with E-state index in [2.05, 4.69) is 50.4 Å². The Balaban J connectivity index is 1.45. The molecule has 0 fully saturated rings. The van der Waals surface area contributed by atoms with Crippen LogP contribution in [0.25, 0.3) is 5.69 Å². The van der Waals surface area contributed by atoms with Crippen LogP contribution in [0.2, 0.25) is 0 Å². The zero-order valence-electron chi connectivity index (χ0n) is 23.4. The number of ether oxygens (including phenoxy) is 2. The smallest absolute Gasteiger partial charge is 0.324 e. The first kappa shape index (κ1) is 30.0. The molecule has 0 aliphatic carbocycles. The number of urea groups is 1. The first-order valence-corrected chi connectivity index (χ1v) is 14.4. The summed E-state index contributed by atoms with van der Waals surface area (Å²) in [5.41, 5.74) is 4.34. The van der Waals surface area contributed by atoms with E-state index < -0.39 is 0 Å². The minimum Gasteiger partial charge on any atom is -0.457 e. The van der Waals surface area contributed by atoms with Gasteiger partial charge in [-0.15, -0.1) is 0 Å². The number of hydrogen-bond acceptors (Lipinski definition) is 6. The van der Waals surface area contributed by atoms with Crippen molar-refractivity contribution in [3.63, 3.8) is 0 Å². The lowest BCUT2D eigenvalue weighted by atomic mass is 10.2. The van der Waals surface area contributed by atoms with Gasteiger partial charge in [-0.25, -0.2) is 14.5 Å². The fourth-order valence-electron chi connectivity index (χ4n) is 4.03. The molecule has 3 N–H and O–H groups in total. The number of amides is 3. The minimum atomic E-state index is -0.385. The maximum Gasteiger partial charge on any atom is 0.324 e. The third kappa shape index (κ3) is 8.27. The maximum atomic E-state index is 13.0. The summed E-state index contributed by atoms with van der Waals surface area (Å²) in [4.78, 5) is 28.9. The third-order valence-corrected chi connectivity index (χ3v) is 7.31. The molecular weight excluding hydrogens is 635 g/mol. The van der Waals surface area contributed by atoms with Gasteiger partial charge >= 0.3 is 6.03 Å². The molecule has 41 heavy (non-hydrogen) atoms. The van der Waals surface area contributed by atoms with Gasteiger partial charge in [-0.2, -0.15) is 5.10 Å². The molecule has 214 valence electrons.